The van der Waals surface area contributed by atoms with E-state index in [-0.39, 0.29) is 29.2 Å². The van der Waals surface area contributed by atoms with E-state index in [1.807, 2.05) is 4.90 Å². The minimum absolute atomic E-state index is 0.0649. The van der Waals surface area contributed by atoms with Gasteiger partial charge in [0.1, 0.15) is 5.82 Å². The number of carbonyl (C=O) groups is 1. The smallest absolute Gasteiger partial charge is 0.251 e. The van der Waals surface area contributed by atoms with Gasteiger partial charge in [0.15, 0.2) is 0 Å². The summed E-state index contributed by atoms with van der Waals surface area (Å²) in [6.07, 6.45) is 5.21. The third-order valence-corrected chi connectivity index (χ3v) is 8.90. The highest BCUT2D eigenvalue weighted by Gasteiger charge is 2.36. The largest absolute Gasteiger partial charge is 0.342 e. The number of nitrogens with one attached hydrogen (secondary N) is 1. The molecule has 166 valence electrons. The fourth-order valence-corrected chi connectivity index (χ4v) is 5.94. The number of aromatic nitrogens is 2. The van der Waals surface area contributed by atoms with Crippen LogP contribution in [0.3, 0.4) is 0 Å². The van der Waals surface area contributed by atoms with Gasteiger partial charge in [-0.3, -0.25) is 9.59 Å². The number of hydrogen-bond donors (Lipinski definition) is 1. The summed E-state index contributed by atoms with van der Waals surface area (Å²) in [4.78, 5) is 34.3. The van der Waals surface area contributed by atoms with Crippen molar-refractivity contribution in [2.45, 2.75) is 69.5 Å². The van der Waals surface area contributed by atoms with Crippen molar-refractivity contribution in [2.24, 2.45) is 5.92 Å². The van der Waals surface area contributed by atoms with Crippen molar-refractivity contribution in [3.8, 4) is 0 Å². The van der Waals surface area contributed by atoms with Gasteiger partial charge in [0.25, 0.3) is 5.56 Å². The Hall–Kier alpha value is -1.74. The van der Waals surface area contributed by atoms with E-state index in [2.05, 4.69) is 4.98 Å². The molecule has 0 bridgehead atoms. The van der Waals surface area contributed by atoms with Gasteiger partial charge in [-0.2, -0.15) is 0 Å². The lowest BCUT2D eigenvalue weighted by Crippen LogP contribution is -2.43. The molecule has 9 heteroatoms. The average molecular weight is 437 g/mol. The maximum Gasteiger partial charge on any atom is 0.251 e. The highest BCUT2D eigenvalue weighted by Crippen LogP contribution is 2.34. The predicted octanol–water partition coefficient (Wildman–Crippen LogP) is 1.80. The number of piperidine rings is 2. The van der Waals surface area contributed by atoms with Crippen molar-refractivity contribution < 1.29 is 13.2 Å². The van der Waals surface area contributed by atoms with Gasteiger partial charge in [-0.25, -0.2) is 17.7 Å². The van der Waals surface area contributed by atoms with E-state index in [1.165, 1.54) is 6.07 Å². The van der Waals surface area contributed by atoms with E-state index in [9.17, 15) is 18.0 Å². The Morgan fingerprint density at radius 2 is 1.80 bits per heavy atom. The molecule has 1 N–H and O–H groups in total. The summed E-state index contributed by atoms with van der Waals surface area (Å²) >= 11 is 0. The highest BCUT2D eigenvalue weighted by atomic mass is 32.2. The molecule has 1 amide bonds. The number of nitrogens with zero attached hydrogens (tertiary/aromatic N) is 3. The zero-order chi connectivity index (χ0) is 21.5. The van der Waals surface area contributed by atoms with Gasteiger partial charge in [0.2, 0.25) is 15.9 Å². The van der Waals surface area contributed by atoms with Crippen LogP contribution in [0.5, 0.6) is 0 Å². The molecular formula is C21H32N4O4S. The third-order valence-electron chi connectivity index (χ3n) is 6.66. The predicted molar refractivity (Wildman–Crippen MR) is 114 cm³/mol. The Balaban J connectivity index is 1.47. The van der Waals surface area contributed by atoms with Gasteiger partial charge in [-0.1, -0.05) is 0 Å². The van der Waals surface area contributed by atoms with E-state index < -0.39 is 15.3 Å². The molecule has 3 aliphatic rings. The number of sulfonamides is 1. The lowest BCUT2D eigenvalue weighted by atomic mass is 9.93. The minimum Gasteiger partial charge on any atom is -0.342 e. The lowest BCUT2D eigenvalue weighted by Gasteiger charge is -2.34. The molecule has 1 atom stereocenters. The van der Waals surface area contributed by atoms with Gasteiger partial charge in [0.05, 0.1) is 10.9 Å². The zero-order valence-corrected chi connectivity index (χ0v) is 18.7. The van der Waals surface area contributed by atoms with E-state index in [0.29, 0.717) is 37.7 Å². The molecule has 8 nitrogen and oxygen atoms in total. The normalized spacial score (nSPS) is 24.4. The maximum atomic E-state index is 12.6. The second kappa shape index (κ2) is 8.42. The van der Waals surface area contributed by atoms with Crippen LogP contribution in [0.25, 0.3) is 0 Å². The van der Waals surface area contributed by atoms with Crippen molar-refractivity contribution in [3.05, 3.63) is 27.9 Å². The molecule has 0 unspecified atom stereocenters. The summed E-state index contributed by atoms with van der Waals surface area (Å²) in [5.74, 6) is 1.25. The summed E-state index contributed by atoms with van der Waals surface area (Å²) < 4.78 is 26.7. The Morgan fingerprint density at radius 1 is 1.10 bits per heavy atom. The van der Waals surface area contributed by atoms with E-state index in [1.54, 1.807) is 18.2 Å². The molecule has 3 heterocycles. The van der Waals surface area contributed by atoms with Crippen molar-refractivity contribution in [1.82, 2.24) is 19.2 Å². The maximum absolute atomic E-state index is 12.6. The van der Waals surface area contributed by atoms with Crippen LogP contribution in [0.1, 0.15) is 75.7 Å². The summed E-state index contributed by atoms with van der Waals surface area (Å²) in [7, 11) is -3.32. The molecule has 0 spiro atoms. The molecule has 1 saturated carbocycles. The van der Waals surface area contributed by atoms with Gasteiger partial charge < -0.3 is 9.88 Å². The monoisotopic (exact) mass is 436 g/mol. The summed E-state index contributed by atoms with van der Waals surface area (Å²) in [5, 5.41) is -0.456. The van der Waals surface area contributed by atoms with Crippen LogP contribution in [-0.4, -0.2) is 64.9 Å². The van der Waals surface area contributed by atoms with Crippen LogP contribution >= 0.6 is 0 Å². The molecule has 2 aliphatic heterocycles. The second-order valence-corrected chi connectivity index (χ2v) is 11.7. The molecule has 3 fully saturated rings. The molecule has 4 rings (SSSR count). The fraction of sp³-hybridized carbons (Fsp3) is 0.762. The summed E-state index contributed by atoms with van der Waals surface area (Å²) in [5.41, 5.74) is 0.504. The Labute approximate surface area is 178 Å². The molecule has 0 radical (unpaired) electrons. The quantitative estimate of drug-likeness (QED) is 0.758. The van der Waals surface area contributed by atoms with Crippen molar-refractivity contribution in [1.29, 1.82) is 0 Å². The van der Waals surface area contributed by atoms with Gasteiger partial charge >= 0.3 is 0 Å². The van der Waals surface area contributed by atoms with Crippen LogP contribution in [-0.2, 0) is 14.8 Å². The lowest BCUT2D eigenvalue weighted by molar-refractivity contribution is -0.133. The fourth-order valence-electron chi connectivity index (χ4n) is 4.57. The van der Waals surface area contributed by atoms with Gasteiger partial charge in [-0.15, -0.1) is 0 Å². The average Bonchev–Trinajstić information content (AvgIpc) is 3.58. The summed E-state index contributed by atoms with van der Waals surface area (Å²) in [6.45, 7) is 5.71. The van der Waals surface area contributed by atoms with Crippen molar-refractivity contribution >= 4 is 15.9 Å². The standard InChI is InChI=1S/C21H32N4O4S/c1-14(2)30(28,29)25-9-3-4-17(13-25)18-12-19(26)23-20(22-18)15-7-10-24(11-8-15)21(27)16-5-6-16/h12,14-17H,3-11,13H2,1-2H3,(H,22,23,26)/t17-/m1/s1. The first-order valence-electron chi connectivity index (χ1n) is 11.1. The minimum atomic E-state index is -3.32. The van der Waals surface area contributed by atoms with Crippen LogP contribution < -0.4 is 5.56 Å². The number of rotatable bonds is 5. The number of hydrogen-bond acceptors (Lipinski definition) is 5. The molecule has 1 aliphatic carbocycles. The van der Waals surface area contributed by atoms with Crippen LogP contribution in [0.4, 0.5) is 0 Å². The zero-order valence-electron chi connectivity index (χ0n) is 17.8. The number of likely N-dealkylation sites (tertiary alicyclic amines) is 1. The molecule has 1 aromatic heterocycles. The molecule has 1 aromatic rings. The third kappa shape index (κ3) is 4.46. The highest BCUT2D eigenvalue weighted by molar-refractivity contribution is 7.89. The first-order valence-corrected chi connectivity index (χ1v) is 12.6. The van der Waals surface area contributed by atoms with Crippen LogP contribution in [0.15, 0.2) is 10.9 Å². The topological polar surface area (TPSA) is 103 Å². The van der Waals surface area contributed by atoms with E-state index >= 15 is 0 Å². The van der Waals surface area contributed by atoms with Crippen LogP contribution in [0, 0.1) is 5.92 Å². The number of amides is 1. The molecule has 2 saturated heterocycles. The van der Waals surface area contributed by atoms with E-state index in [0.717, 1.165) is 38.5 Å². The van der Waals surface area contributed by atoms with Crippen LogP contribution in [0.2, 0.25) is 0 Å². The number of carbonyl (C=O) groups excluding carboxylic acids is 1. The molecule has 0 aromatic carbocycles. The van der Waals surface area contributed by atoms with Crippen molar-refractivity contribution in [3.63, 3.8) is 0 Å². The SMILES string of the molecule is CC(C)S(=O)(=O)N1CCC[C@@H](c2cc(=O)[nH]c(C3CCN(C(=O)C4CC4)CC3)n2)C1. The van der Waals surface area contributed by atoms with Gasteiger partial charge in [-0.05, 0) is 52.4 Å². The molecular weight excluding hydrogens is 404 g/mol. The van der Waals surface area contributed by atoms with Gasteiger partial charge in [0, 0.05) is 50.0 Å². The number of aromatic amines is 1. The second-order valence-electron chi connectivity index (χ2n) is 9.22. The van der Waals surface area contributed by atoms with E-state index in [4.69, 9.17) is 4.98 Å². The first-order chi connectivity index (χ1) is 14.3. The Kier molecular flexibility index (Phi) is 6.03. The van der Waals surface area contributed by atoms with Crippen molar-refractivity contribution in [2.75, 3.05) is 26.2 Å². The first kappa shape index (κ1) is 21.5. The Bertz CT molecular complexity index is 946. The number of H-pyrrole nitrogens is 1. The Morgan fingerprint density at radius 3 is 2.43 bits per heavy atom. The summed E-state index contributed by atoms with van der Waals surface area (Å²) in [6, 6.07) is 1.52. The molecule has 30 heavy (non-hydrogen) atoms.